The molecule has 0 radical (unpaired) electrons. The molecule has 5 nitrogen and oxygen atoms in total. The van der Waals surface area contributed by atoms with Crippen molar-refractivity contribution in [3.63, 3.8) is 0 Å². The Labute approximate surface area is 101 Å². The van der Waals surface area contributed by atoms with E-state index >= 15 is 0 Å². The van der Waals surface area contributed by atoms with Gasteiger partial charge in [-0.05, 0) is 25.2 Å². The van der Waals surface area contributed by atoms with Gasteiger partial charge in [0.1, 0.15) is 6.33 Å². The van der Waals surface area contributed by atoms with E-state index in [0.29, 0.717) is 11.9 Å². The summed E-state index contributed by atoms with van der Waals surface area (Å²) in [6.07, 6.45) is 3.55. The highest BCUT2D eigenvalue weighted by Gasteiger charge is 2.60. The molecule has 1 amide bonds. The van der Waals surface area contributed by atoms with Crippen molar-refractivity contribution in [1.29, 1.82) is 0 Å². The van der Waals surface area contributed by atoms with Crippen molar-refractivity contribution in [3.8, 4) is 0 Å². The second-order valence-corrected chi connectivity index (χ2v) is 5.39. The summed E-state index contributed by atoms with van der Waals surface area (Å²) < 4.78 is 0. The van der Waals surface area contributed by atoms with Gasteiger partial charge in [0.25, 0.3) is 0 Å². The number of H-pyrrole nitrogens is 1. The first-order valence-electron chi connectivity index (χ1n) is 5.74. The first-order chi connectivity index (χ1) is 7.93. The zero-order chi connectivity index (χ0) is 12.6. The highest BCUT2D eigenvalue weighted by molar-refractivity contribution is 5.94. The van der Waals surface area contributed by atoms with Crippen LogP contribution in [0.1, 0.15) is 27.7 Å². The maximum absolute atomic E-state index is 12.1. The molecule has 92 valence electrons. The summed E-state index contributed by atoms with van der Waals surface area (Å²) in [4.78, 5) is 15.9. The number of hydrogen-bond acceptors (Lipinski definition) is 3. The minimum Gasteiger partial charge on any atom is -0.295 e. The van der Waals surface area contributed by atoms with Crippen LogP contribution in [0, 0.1) is 17.3 Å². The number of carbonyl (C=O) groups is 1. The summed E-state index contributed by atoms with van der Waals surface area (Å²) >= 11 is 0. The number of aromatic nitrogens is 3. The molecular weight excluding hydrogens is 216 g/mol. The van der Waals surface area contributed by atoms with Crippen LogP contribution in [0.4, 0.5) is 5.95 Å². The molecule has 1 saturated carbocycles. The largest absolute Gasteiger partial charge is 0.295 e. The summed E-state index contributed by atoms with van der Waals surface area (Å²) in [5, 5.41) is 9.07. The average Bonchev–Trinajstić information content (AvgIpc) is 2.64. The highest BCUT2D eigenvalue weighted by atomic mass is 16.2. The number of rotatable bonds is 3. The van der Waals surface area contributed by atoms with Crippen molar-refractivity contribution in [2.45, 2.75) is 27.7 Å². The van der Waals surface area contributed by atoms with E-state index < -0.39 is 0 Å². The lowest BCUT2D eigenvalue weighted by Crippen LogP contribution is -2.17. The number of nitrogens with one attached hydrogen (secondary N) is 2. The topological polar surface area (TPSA) is 70.7 Å². The van der Waals surface area contributed by atoms with Crippen LogP contribution in [0.15, 0.2) is 18.0 Å². The van der Waals surface area contributed by atoms with Crippen LogP contribution in [-0.4, -0.2) is 21.1 Å². The fourth-order valence-corrected chi connectivity index (χ4v) is 2.31. The molecule has 0 aromatic carbocycles. The number of amides is 1. The van der Waals surface area contributed by atoms with Crippen LogP contribution >= 0.6 is 0 Å². The van der Waals surface area contributed by atoms with Gasteiger partial charge in [-0.25, -0.2) is 5.10 Å². The molecule has 0 spiro atoms. The normalized spacial score (nSPS) is 25.2. The Balaban J connectivity index is 2.04. The molecule has 17 heavy (non-hydrogen) atoms. The number of allylic oxidation sites excluding steroid dienone is 2. The van der Waals surface area contributed by atoms with Crippen LogP contribution in [-0.2, 0) is 4.79 Å². The molecular formula is C12H18N4O. The second-order valence-electron chi connectivity index (χ2n) is 5.39. The van der Waals surface area contributed by atoms with Crippen molar-refractivity contribution < 1.29 is 4.79 Å². The summed E-state index contributed by atoms with van der Waals surface area (Å²) in [5.74, 6) is 0.751. The number of carbonyl (C=O) groups excluding carboxylic acids is 1. The molecule has 2 unspecified atom stereocenters. The Morgan fingerprint density at radius 3 is 2.76 bits per heavy atom. The smallest absolute Gasteiger partial charge is 0.231 e. The van der Waals surface area contributed by atoms with Gasteiger partial charge in [0.2, 0.25) is 11.9 Å². The molecule has 1 heterocycles. The molecule has 1 aromatic heterocycles. The summed E-state index contributed by atoms with van der Waals surface area (Å²) in [5.41, 5.74) is 1.28. The van der Waals surface area contributed by atoms with Gasteiger partial charge in [-0.15, -0.1) is 0 Å². The summed E-state index contributed by atoms with van der Waals surface area (Å²) in [7, 11) is 0. The van der Waals surface area contributed by atoms with Gasteiger partial charge in [0.05, 0.1) is 5.92 Å². The van der Waals surface area contributed by atoms with Gasteiger partial charge in [-0.3, -0.25) is 10.1 Å². The van der Waals surface area contributed by atoms with E-state index in [1.54, 1.807) is 0 Å². The van der Waals surface area contributed by atoms with Crippen molar-refractivity contribution in [1.82, 2.24) is 15.2 Å². The van der Waals surface area contributed by atoms with Gasteiger partial charge in [0.15, 0.2) is 0 Å². The maximum Gasteiger partial charge on any atom is 0.231 e. The average molecular weight is 234 g/mol. The first kappa shape index (κ1) is 11.8. The quantitative estimate of drug-likeness (QED) is 0.786. The molecule has 1 aliphatic carbocycles. The van der Waals surface area contributed by atoms with Crippen molar-refractivity contribution in [2.24, 2.45) is 17.3 Å². The molecule has 0 bridgehead atoms. The van der Waals surface area contributed by atoms with E-state index in [0.717, 1.165) is 0 Å². The lowest BCUT2D eigenvalue weighted by molar-refractivity contribution is -0.118. The molecule has 1 aromatic rings. The van der Waals surface area contributed by atoms with E-state index in [2.05, 4.69) is 54.3 Å². The third kappa shape index (κ3) is 2.23. The van der Waals surface area contributed by atoms with E-state index in [4.69, 9.17) is 0 Å². The zero-order valence-electron chi connectivity index (χ0n) is 10.6. The number of hydrogen-bond donors (Lipinski definition) is 2. The van der Waals surface area contributed by atoms with Gasteiger partial charge in [-0.1, -0.05) is 25.5 Å². The lowest BCUT2D eigenvalue weighted by atomic mass is 10.1. The molecule has 5 heteroatoms. The van der Waals surface area contributed by atoms with Crippen LogP contribution < -0.4 is 5.32 Å². The van der Waals surface area contributed by atoms with Gasteiger partial charge >= 0.3 is 0 Å². The molecule has 2 rings (SSSR count). The van der Waals surface area contributed by atoms with E-state index in [1.165, 1.54) is 11.9 Å². The lowest BCUT2D eigenvalue weighted by Gasteiger charge is -2.01. The second kappa shape index (κ2) is 3.98. The Morgan fingerprint density at radius 2 is 2.24 bits per heavy atom. The summed E-state index contributed by atoms with van der Waals surface area (Å²) in [6, 6.07) is 0. The van der Waals surface area contributed by atoms with Crippen LogP contribution in [0.2, 0.25) is 0 Å². The zero-order valence-corrected chi connectivity index (χ0v) is 10.6. The van der Waals surface area contributed by atoms with Gasteiger partial charge in [-0.2, -0.15) is 10.1 Å². The van der Waals surface area contributed by atoms with Crippen molar-refractivity contribution in [3.05, 3.63) is 18.0 Å². The molecule has 1 aliphatic rings. The Hall–Kier alpha value is -1.65. The Bertz CT molecular complexity index is 443. The third-order valence-electron chi connectivity index (χ3n) is 3.36. The predicted octanol–water partition coefficient (Wildman–Crippen LogP) is 1.98. The Morgan fingerprint density at radius 1 is 1.53 bits per heavy atom. The van der Waals surface area contributed by atoms with E-state index in [9.17, 15) is 4.79 Å². The van der Waals surface area contributed by atoms with Gasteiger partial charge in [0, 0.05) is 0 Å². The highest BCUT2D eigenvalue weighted by Crippen LogP contribution is 2.59. The third-order valence-corrected chi connectivity index (χ3v) is 3.36. The van der Waals surface area contributed by atoms with Gasteiger partial charge < -0.3 is 0 Å². The first-order valence-corrected chi connectivity index (χ1v) is 5.74. The van der Waals surface area contributed by atoms with E-state index in [-0.39, 0.29) is 17.2 Å². The molecule has 1 fully saturated rings. The fourth-order valence-electron chi connectivity index (χ4n) is 2.31. The van der Waals surface area contributed by atoms with Crippen LogP contribution in [0.3, 0.4) is 0 Å². The monoisotopic (exact) mass is 234 g/mol. The number of aromatic amines is 1. The number of anilines is 1. The van der Waals surface area contributed by atoms with Crippen molar-refractivity contribution in [2.75, 3.05) is 5.32 Å². The fraction of sp³-hybridized carbons (Fsp3) is 0.583. The SMILES string of the molecule is CC(C)=CC1C(C(=O)Nc2ncn[nH]2)C1(C)C. The minimum atomic E-state index is 0.00856. The van der Waals surface area contributed by atoms with Crippen molar-refractivity contribution >= 4 is 11.9 Å². The van der Waals surface area contributed by atoms with E-state index in [1.807, 2.05) is 0 Å². The maximum atomic E-state index is 12.1. The standard InChI is InChI=1S/C12H18N4O/c1-7(2)5-8-9(12(8,3)4)10(17)15-11-13-6-14-16-11/h5-6,8-9H,1-4H3,(H2,13,14,15,16,17). The summed E-state index contributed by atoms with van der Waals surface area (Å²) in [6.45, 7) is 8.34. The molecule has 0 saturated heterocycles. The molecule has 2 N–H and O–H groups in total. The van der Waals surface area contributed by atoms with Crippen LogP contribution in [0.25, 0.3) is 0 Å². The van der Waals surface area contributed by atoms with Crippen LogP contribution in [0.5, 0.6) is 0 Å². The number of nitrogens with zero attached hydrogens (tertiary/aromatic N) is 2. The molecule has 2 atom stereocenters. The predicted molar refractivity (Wildman–Crippen MR) is 65.2 cm³/mol. The molecule has 0 aliphatic heterocycles. The minimum absolute atomic E-state index is 0.00856. The Kier molecular flexibility index (Phi) is 2.77.